The number of carbonyl (C=O) groups is 3. The number of furan rings is 1. The van der Waals surface area contributed by atoms with E-state index in [4.69, 9.17) is 4.42 Å². The van der Waals surface area contributed by atoms with Gasteiger partial charge in [0.1, 0.15) is 11.5 Å². The summed E-state index contributed by atoms with van der Waals surface area (Å²) < 4.78 is 5.47. The lowest BCUT2D eigenvalue weighted by atomic mass is 9.95. The van der Waals surface area contributed by atoms with Crippen LogP contribution in [0.4, 0.5) is 0 Å². The number of nitrogens with zero attached hydrogens (tertiary/aromatic N) is 3. The molecule has 2 aliphatic heterocycles. The monoisotopic (exact) mass is 361 g/mol. The molecule has 7 heteroatoms. The highest BCUT2D eigenvalue weighted by atomic mass is 16.3. The highest BCUT2D eigenvalue weighted by Crippen LogP contribution is 2.23. The first kappa shape index (κ1) is 18.5. The fourth-order valence-electron chi connectivity index (χ4n) is 3.88. The van der Waals surface area contributed by atoms with Gasteiger partial charge in [0.25, 0.3) is 5.91 Å². The summed E-state index contributed by atoms with van der Waals surface area (Å²) in [5.41, 5.74) is 0.589. The van der Waals surface area contributed by atoms with Crippen LogP contribution in [-0.4, -0.2) is 71.7 Å². The second-order valence-corrected chi connectivity index (χ2v) is 7.25. The van der Waals surface area contributed by atoms with Crippen molar-refractivity contribution in [3.05, 3.63) is 23.2 Å². The molecule has 3 heterocycles. The average molecular weight is 361 g/mol. The summed E-state index contributed by atoms with van der Waals surface area (Å²) in [4.78, 5) is 42.5. The minimum Gasteiger partial charge on any atom is -0.466 e. The first-order valence-corrected chi connectivity index (χ1v) is 9.27. The van der Waals surface area contributed by atoms with Crippen molar-refractivity contribution in [1.82, 2.24) is 14.7 Å². The molecule has 0 unspecified atom stereocenters. The minimum atomic E-state index is -0.162. The Morgan fingerprint density at radius 2 is 1.65 bits per heavy atom. The second kappa shape index (κ2) is 7.51. The van der Waals surface area contributed by atoms with Crippen molar-refractivity contribution in [2.75, 3.05) is 39.3 Å². The Kier molecular flexibility index (Phi) is 5.34. The SMILES string of the molecule is CC(=O)N1CCN(C(=O)[C@H]2CCCN(C(=O)c3cc(C)oc3C)C2)CC1. The standard InChI is InChI=1S/C19H27N3O4/c1-13-11-17(14(2)26-13)19(25)22-6-4-5-16(12-22)18(24)21-9-7-20(8-10-21)15(3)23/h11,16H,4-10,12H2,1-3H3/t16-/m0/s1. The first-order valence-electron chi connectivity index (χ1n) is 9.27. The van der Waals surface area contributed by atoms with Gasteiger partial charge in [-0.1, -0.05) is 0 Å². The summed E-state index contributed by atoms with van der Waals surface area (Å²) in [6, 6.07) is 1.77. The molecule has 0 N–H and O–H groups in total. The van der Waals surface area contributed by atoms with Gasteiger partial charge >= 0.3 is 0 Å². The van der Waals surface area contributed by atoms with Crippen LogP contribution in [0, 0.1) is 19.8 Å². The zero-order chi connectivity index (χ0) is 18.8. The van der Waals surface area contributed by atoms with Crippen LogP contribution in [0.5, 0.6) is 0 Å². The molecule has 7 nitrogen and oxygen atoms in total. The molecule has 3 amide bonds. The van der Waals surface area contributed by atoms with Crippen LogP contribution in [0.3, 0.4) is 0 Å². The van der Waals surface area contributed by atoms with Crippen molar-refractivity contribution in [3.63, 3.8) is 0 Å². The number of rotatable bonds is 2. The summed E-state index contributed by atoms with van der Waals surface area (Å²) in [6.45, 7) is 8.62. The topological polar surface area (TPSA) is 74.1 Å². The van der Waals surface area contributed by atoms with E-state index in [2.05, 4.69) is 0 Å². The molecule has 2 fully saturated rings. The Balaban J connectivity index is 1.61. The third-order valence-corrected chi connectivity index (χ3v) is 5.37. The van der Waals surface area contributed by atoms with Crippen molar-refractivity contribution in [1.29, 1.82) is 0 Å². The van der Waals surface area contributed by atoms with E-state index in [9.17, 15) is 14.4 Å². The lowest BCUT2D eigenvalue weighted by Crippen LogP contribution is -2.53. The number of hydrogen-bond acceptors (Lipinski definition) is 4. The predicted octanol–water partition coefficient (Wildman–Crippen LogP) is 1.44. The zero-order valence-electron chi connectivity index (χ0n) is 15.8. The molecule has 2 aliphatic rings. The largest absolute Gasteiger partial charge is 0.466 e. The van der Waals surface area contributed by atoms with Gasteiger partial charge in [0.05, 0.1) is 11.5 Å². The van der Waals surface area contributed by atoms with Crippen molar-refractivity contribution in [2.24, 2.45) is 5.92 Å². The molecule has 3 rings (SSSR count). The Labute approximate surface area is 153 Å². The van der Waals surface area contributed by atoms with Gasteiger partial charge in [-0.05, 0) is 32.8 Å². The fourth-order valence-corrected chi connectivity index (χ4v) is 3.88. The van der Waals surface area contributed by atoms with E-state index in [-0.39, 0.29) is 23.6 Å². The van der Waals surface area contributed by atoms with Gasteiger partial charge in [0.15, 0.2) is 0 Å². The normalized spacial score (nSPS) is 21.0. The number of aryl methyl sites for hydroxylation is 2. The number of hydrogen-bond donors (Lipinski definition) is 0. The lowest BCUT2D eigenvalue weighted by Gasteiger charge is -2.38. The van der Waals surface area contributed by atoms with Crippen molar-refractivity contribution in [2.45, 2.75) is 33.6 Å². The molecular formula is C19H27N3O4. The molecule has 0 radical (unpaired) electrons. The maximum Gasteiger partial charge on any atom is 0.257 e. The average Bonchev–Trinajstić information content (AvgIpc) is 2.98. The van der Waals surface area contributed by atoms with E-state index in [0.29, 0.717) is 50.6 Å². The van der Waals surface area contributed by atoms with Gasteiger partial charge in [-0.2, -0.15) is 0 Å². The summed E-state index contributed by atoms with van der Waals surface area (Å²) in [7, 11) is 0. The van der Waals surface area contributed by atoms with Gasteiger partial charge in [-0.25, -0.2) is 0 Å². The second-order valence-electron chi connectivity index (χ2n) is 7.25. The van der Waals surface area contributed by atoms with Crippen molar-refractivity contribution in [3.8, 4) is 0 Å². The fraction of sp³-hybridized carbons (Fsp3) is 0.632. The van der Waals surface area contributed by atoms with Crippen LogP contribution in [-0.2, 0) is 9.59 Å². The van der Waals surface area contributed by atoms with Gasteiger partial charge in [-0.3, -0.25) is 14.4 Å². The van der Waals surface area contributed by atoms with Gasteiger partial charge in [0.2, 0.25) is 11.8 Å². The molecule has 0 aliphatic carbocycles. The molecule has 0 bridgehead atoms. The third-order valence-electron chi connectivity index (χ3n) is 5.37. The van der Waals surface area contributed by atoms with Crippen LogP contribution >= 0.6 is 0 Å². The minimum absolute atomic E-state index is 0.0531. The van der Waals surface area contributed by atoms with Crippen LogP contribution in [0.15, 0.2) is 10.5 Å². The molecule has 1 aromatic rings. The Morgan fingerprint density at radius 3 is 2.23 bits per heavy atom. The summed E-state index contributed by atoms with van der Waals surface area (Å²) in [6.07, 6.45) is 1.63. The Morgan fingerprint density at radius 1 is 1.00 bits per heavy atom. The Hall–Kier alpha value is -2.31. The molecular weight excluding hydrogens is 334 g/mol. The van der Waals surface area contributed by atoms with Crippen molar-refractivity contribution >= 4 is 17.7 Å². The highest BCUT2D eigenvalue weighted by molar-refractivity contribution is 5.95. The van der Waals surface area contributed by atoms with E-state index in [1.54, 1.807) is 29.7 Å². The Bertz CT molecular complexity index is 704. The summed E-state index contributed by atoms with van der Waals surface area (Å²) in [5.74, 6) is 1.28. The summed E-state index contributed by atoms with van der Waals surface area (Å²) >= 11 is 0. The zero-order valence-corrected chi connectivity index (χ0v) is 15.8. The molecule has 142 valence electrons. The van der Waals surface area contributed by atoms with E-state index in [1.165, 1.54) is 0 Å². The quantitative estimate of drug-likeness (QED) is 0.799. The number of amides is 3. The number of likely N-dealkylation sites (tertiary alicyclic amines) is 1. The number of carbonyl (C=O) groups excluding carboxylic acids is 3. The van der Waals surface area contributed by atoms with E-state index >= 15 is 0 Å². The molecule has 2 saturated heterocycles. The van der Waals surface area contributed by atoms with E-state index in [0.717, 1.165) is 18.6 Å². The number of piperidine rings is 1. The predicted molar refractivity (Wildman–Crippen MR) is 95.6 cm³/mol. The van der Waals surface area contributed by atoms with Crippen molar-refractivity contribution < 1.29 is 18.8 Å². The lowest BCUT2D eigenvalue weighted by molar-refractivity contribution is -0.142. The van der Waals surface area contributed by atoms with E-state index < -0.39 is 0 Å². The van der Waals surface area contributed by atoms with Crippen LogP contribution in [0.2, 0.25) is 0 Å². The maximum atomic E-state index is 12.9. The molecule has 0 spiro atoms. The van der Waals surface area contributed by atoms with Gasteiger partial charge in [-0.15, -0.1) is 0 Å². The van der Waals surface area contributed by atoms with Gasteiger partial charge in [0, 0.05) is 46.2 Å². The molecule has 26 heavy (non-hydrogen) atoms. The molecule has 0 saturated carbocycles. The number of piperazine rings is 1. The molecule has 1 aromatic heterocycles. The summed E-state index contributed by atoms with van der Waals surface area (Å²) in [5, 5.41) is 0. The third kappa shape index (κ3) is 3.76. The van der Waals surface area contributed by atoms with E-state index in [1.807, 2.05) is 11.8 Å². The molecule has 1 atom stereocenters. The first-order chi connectivity index (χ1) is 12.4. The van der Waals surface area contributed by atoms with Crippen LogP contribution in [0.1, 0.15) is 41.6 Å². The smallest absolute Gasteiger partial charge is 0.257 e. The highest BCUT2D eigenvalue weighted by Gasteiger charge is 2.33. The molecule has 0 aromatic carbocycles. The van der Waals surface area contributed by atoms with Crippen LogP contribution < -0.4 is 0 Å². The van der Waals surface area contributed by atoms with Gasteiger partial charge < -0.3 is 19.1 Å². The maximum absolute atomic E-state index is 12.9. The van der Waals surface area contributed by atoms with Crippen LogP contribution in [0.25, 0.3) is 0 Å².